The van der Waals surface area contributed by atoms with Crippen molar-refractivity contribution in [3.05, 3.63) is 54.6 Å². The number of ether oxygens (including phenoxy) is 1. The van der Waals surface area contributed by atoms with Gasteiger partial charge in [-0.2, -0.15) is 0 Å². The summed E-state index contributed by atoms with van der Waals surface area (Å²) in [5, 5.41) is 0.823. The van der Waals surface area contributed by atoms with Gasteiger partial charge in [-0.05, 0) is 44.2 Å². The first-order chi connectivity index (χ1) is 12.5. The van der Waals surface area contributed by atoms with Crippen LogP contribution in [0.1, 0.15) is 13.8 Å². The molecule has 0 saturated carbocycles. The van der Waals surface area contributed by atoms with Crippen LogP contribution in [-0.2, 0) is 0 Å². The first-order valence-corrected chi connectivity index (χ1v) is 8.31. The summed E-state index contributed by atoms with van der Waals surface area (Å²) in [5.41, 5.74) is 8.76. The summed E-state index contributed by atoms with van der Waals surface area (Å²) in [5.74, 6) is 1.53. The van der Waals surface area contributed by atoms with Gasteiger partial charge in [0, 0.05) is 29.4 Å². The SMILES string of the molecule is CC(C)Oc1cc2c(-c3ncc[nH]3)c(-c3ccc(F)cc3)oc2cc1N. The predicted molar refractivity (Wildman–Crippen MR) is 99.4 cm³/mol. The highest BCUT2D eigenvalue weighted by Gasteiger charge is 2.21. The molecule has 0 aliphatic heterocycles. The van der Waals surface area contributed by atoms with E-state index in [1.807, 2.05) is 19.9 Å². The second-order valence-electron chi connectivity index (χ2n) is 6.30. The number of hydrogen-bond acceptors (Lipinski definition) is 4. The lowest BCUT2D eigenvalue weighted by Gasteiger charge is -2.12. The van der Waals surface area contributed by atoms with E-state index < -0.39 is 0 Å². The van der Waals surface area contributed by atoms with Gasteiger partial charge in [-0.3, -0.25) is 0 Å². The standard InChI is InChI=1S/C20H18FN3O2/c1-11(2)25-17-9-14-16(10-15(17)22)26-19(12-3-5-13(21)6-4-12)18(14)20-23-7-8-24-20/h3-11H,22H2,1-2H3,(H,23,24). The van der Waals surface area contributed by atoms with Crippen LogP contribution in [0.25, 0.3) is 33.7 Å². The highest BCUT2D eigenvalue weighted by molar-refractivity contribution is 6.02. The summed E-state index contributed by atoms with van der Waals surface area (Å²) in [4.78, 5) is 7.47. The van der Waals surface area contributed by atoms with Crippen molar-refractivity contribution in [2.45, 2.75) is 20.0 Å². The van der Waals surface area contributed by atoms with E-state index in [1.54, 1.807) is 30.6 Å². The molecule has 26 heavy (non-hydrogen) atoms. The molecule has 0 radical (unpaired) electrons. The Morgan fingerprint density at radius 3 is 2.62 bits per heavy atom. The lowest BCUT2D eigenvalue weighted by Crippen LogP contribution is -2.07. The summed E-state index contributed by atoms with van der Waals surface area (Å²) < 4.78 is 25.2. The van der Waals surface area contributed by atoms with Crippen molar-refractivity contribution < 1.29 is 13.5 Å². The van der Waals surface area contributed by atoms with Gasteiger partial charge in [-0.15, -0.1) is 0 Å². The number of halogens is 1. The van der Waals surface area contributed by atoms with E-state index in [-0.39, 0.29) is 11.9 Å². The number of nitrogens with zero attached hydrogens (tertiary/aromatic N) is 1. The van der Waals surface area contributed by atoms with Crippen LogP contribution in [-0.4, -0.2) is 16.1 Å². The third-order valence-electron chi connectivity index (χ3n) is 4.02. The molecule has 0 fully saturated rings. The Labute approximate surface area is 149 Å². The van der Waals surface area contributed by atoms with Crippen molar-refractivity contribution in [2.75, 3.05) is 5.73 Å². The maximum atomic E-state index is 13.3. The van der Waals surface area contributed by atoms with Crippen molar-refractivity contribution in [3.8, 4) is 28.5 Å². The number of aromatic amines is 1. The number of H-pyrrole nitrogens is 1. The Kier molecular flexibility index (Phi) is 3.88. The summed E-state index contributed by atoms with van der Waals surface area (Å²) in [6.07, 6.45) is 3.40. The van der Waals surface area contributed by atoms with Gasteiger partial charge < -0.3 is 19.9 Å². The van der Waals surface area contributed by atoms with E-state index in [2.05, 4.69) is 9.97 Å². The summed E-state index contributed by atoms with van der Waals surface area (Å²) in [7, 11) is 0. The Morgan fingerprint density at radius 2 is 1.96 bits per heavy atom. The zero-order valence-corrected chi connectivity index (χ0v) is 14.4. The molecule has 0 unspecified atom stereocenters. The van der Waals surface area contributed by atoms with E-state index in [4.69, 9.17) is 14.9 Å². The van der Waals surface area contributed by atoms with E-state index in [1.165, 1.54) is 12.1 Å². The van der Waals surface area contributed by atoms with Crippen molar-refractivity contribution in [3.63, 3.8) is 0 Å². The van der Waals surface area contributed by atoms with E-state index >= 15 is 0 Å². The fraction of sp³-hybridized carbons (Fsp3) is 0.150. The second-order valence-corrected chi connectivity index (χ2v) is 6.30. The number of benzene rings is 2. The number of nitrogens with one attached hydrogen (secondary N) is 1. The van der Waals surface area contributed by atoms with Crippen LogP contribution in [0.3, 0.4) is 0 Å². The number of furan rings is 1. The molecule has 0 amide bonds. The maximum absolute atomic E-state index is 13.3. The van der Waals surface area contributed by atoms with Gasteiger partial charge in [0.25, 0.3) is 0 Å². The molecule has 0 spiro atoms. The van der Waals surface area contributed by atoms with Crippen LogP contribution in [0, 0.1) is 5.82 Å². The predicted octanol–water partition coefficient (Wildman–Crippen LogP) is 5.00. The third kappa shape index (κ3) is 2.79. The molecule has 0 bridgehead atoms. The number of nitrogen functional groups attached to an aromatic ring is 1. The number of anilines is 1. The number of nitrogens with two attached hydrogens (primary N) is 1. The van der Waals surface area contributed by atoms with Crippen LogP contribution >= 0.6 is 0 Å². The van der Waals surface area contributed by atoms with Gasteiger partial charge in [0.05, 0.1) is 17.4 Å². The van der Waals surface area contributed by atoms with Crippen LogP contribution in [0.15, 0.2) is 53.2 Å². The largest absolute Gasteiger partial charge is 0.489 e. The Morgan fingerprint density at radius 1 is 1.19 bits per heavy atom. The van der Waals surface area contributed by atoms with Crippen LogP contribution in [0.4, 0.5) is 10.1 Å². The van der Waals surface area contributed by atoms with Crippen molar-refractivity contribution in [1.82, 2.24) is 9.97 Å². The highest BCUT2D eigenvalue weighted by atomic mass is 19.1. The lowest BCUT2D eigenvalue weighted by molar-refractivity contribution is 0.244. The number of imidazole rings is 1. The highest BCUT2D eigenvalue weighted by Crippen LogP contribution is 2.42. The lowest BCUT2D eigenvalue weighted by atomic mass is 10.0. The average molecular weight is 351 g/mol. The van der Waals surface area contributed by atoms with Crippen LogP contribution in [0.2, 0.25) is 0 Å². The topological polar surface area (TPSA) is 77.1 Å². The first kappa shape index (κ1) is 16.2. The van der Waals surface area contributed by atoms with Gasteiger partial charge in [-0.25, -0.2) is 9.37 Å². The molecule has 132 valence electrons. The molecule has 0 atom stereocenters. The zero-order valence-electron chi connectivity index (χ0n) is 14.4. The number of rotatable bonds is 4. The number of hydrogen-bond donors (Lipinski definition) is 2. The molecule has 6 heteroatoms. The molecular formula is C20H18FN3O2. The monoisotopic (exact) mass is 351 g/mol. The first-order valence-electron chi connectivity index (χ1n) is 8.31. The number of fused-ring (bicyclic) bond motifs is 1. The zero-order chi connectivity index (χ0) is 18.3. The molecule has 2 aromatic heterocycles. The smallest absolute Gasteiger partial charge is 0.146 e. The molecule has 5 nitrogen and oxygen atoms in total. The van der Waals surface area contributed by atoms with Gasteiger partial charge in [-0.1, -0.05) is 0 Å². The maximum Gasteiger partial charge on any atom is 0.146 e. The van der Waals surface area contributed by atoms with Crippen LogP contribution in [0.5, 0.6) is 5.75 Å². The Bertz CT molecular complexity index is 1050. The average Bonchev–Trinajstić information content (AvgIpc) is 3.23. The molecule has 0 aliphatic rings. The molecule has 2 heterocycles. The Balaban J connectivity index is 1.99. The minimum absolute atomic E-state index is 0.00900. The Hall–Kier alpha value is -3.28. The molecular weight excluding hydrogens is 333 g/mol. The molecule has 3 N–H and O–H groups in total. The normalized spacial score (nSPS) is 11.4. The van der Waals surface area contributed by atoms with E-state index in [0.29, 0.717) is 28.6 Å². The third-order valence-corrected chi connectivity index (χ3v) is 4.02. The van der Waals surface area contributed by atoms with Crippen molar-refractivity contribution in [1.29, 1.82) is 0 Å². The molecule has 4 rings (SSSR count). The van der Waals surface area contributed by atoms with Gasteiger partial charge in [0.15, 0.2) is 0 Å². The van der Waals surface area contributed by atoms with Gasteiger partial charge in [0.2, 0.25) is 0 Å². The van der Waals surface area contributed by atoms with Gasteiger partial charge in [0.1, 0.15) is 28.7 Å². The van der Waals surface area contributed by atoms with E-state index in [9.17, 15) is 4.39 Å². The number of aromatic nitrogens is 2. The van der Waals surface area contributed by atoms with E-state index in [0.717, 1.165) is 16.5 Å². The minimum atomic E-state index is -0.304. The van der Waals surface area contributed by atoms with Crippen molar-refractivity contribution in [2.24, 2.45) is 0 Å². The second kappa shape index (κ2) is 6.22. The fourth-order valence-electron chi connectivity index (χ4n) is 2.94. The van der Waals surface area contributed by atoms with Crippen LogP contribution < -0.4 is 10.5 Å². The molecule has 2 aromatic carbocycles. The summed E-state index contributed by atoms with van der Waals surface area (Å²) >= 11 is 0. The quantitative estimate of drug-likeness (QED) is 0.507. The molecule has 0 aliphatic carbocycles. The fourth-order valence-corrected chi connectivity index (χ4v) is 2.94. The van der Waals surface area contributed by atoms with Gasteiger partial charge >= 0.3 is 0 Å². The summed E-state index contributed by atoms with van der Waals surface area (Å²) in [6, 6.07) is 9.75. The minimum Gasteiger partial charge on any atom is -0.489 e. The molecule has 4 aromatic rings. The summed E-state index contributed by atoms with van der Waals surface area (Å²) in [6.45, 7) is 3.88. The molecule has 0 saturated heterocycles. The van der Waals surface area contributed by atoms with Crippen molar-refractivity contribution >= 4 is 16.7 Å².